The van der Waals surface area contributed by atoms with E-state index in [0.29, 0.717) is 5.56 Å². The molecular weight excluding hydrogens is 278 g/mol. The lowest BCUT2D eigenvalue weighted by Crippen LogP contribution is -2.41. The average molecular weight is 299 g/mol. The van der Waals surface area contributed by atoms with Crippen molar-refractivity contribution in [2.75, 3.05) is 20.1 Å². The summed E-state index contributed by atoms with van der Waals surface area (Å²) >= 11 is 0. The zero-order valence-corrected chi connectivity index (χ0v) is 13.0. The molecule has 1 aliphatic heterocycles. The first kappa shape index (κ1) is 14.8. The molecule has 1 unspecified atom stereocenters. The van der Waals surface area contributed by atoms with E-state index in [1.54, 1.807) is 6.26 Å². The lowest BCUT2D eigenvalue weighted by molar-refractivity contribution is 0.0736. The van der Waals surface area contributed by atoms with Crippen LogP contribution in [-0.4, -0.2) is 42.0 Å². The first-order chi connectivity index (χ1) is 10.7. The zero-order valence-electron chi connectivity index (χ0n) is 13.0. The van der Waals surface area contributed by atoms with Crippen molar-refractivity contribution < 1.29 is 9.21 Å². The molecular formula is C17H21N3O2. The molecule has 22 heavy (non-hydrogen) atoms. The summed E-state index contributed by atoms with van der Waals surface area (Å²) in [4.78, 5) is 19.3. The number of nitrogens with one attached hydrogen (secondary N) is 1. The van der Waals surface area contributed by atoms with Crippen LogP contribution in [-0.2, 0) is 0 Å². The number of aryl methyl sites for hydroxylation is 1. The Hall–Kier alpha value is -2.14. The van der Waals surface area contributed by atoms with Crippen molar-refractivity contribution in [1.29, 1.82) is 0 Å². The van der Waals surface area contributed by atoms with Gasteiger partial charge < -0.3 is 14.6 Å². The van der Waals surface area contributed by atoms with Gasteiger partial charge in [-0.15, -0.1) is 0 Å². The molecule has 1 aliphatic rings. The first-order valence-corrected chi connectivity index (χ1v) is 7.68. The van der Waals surface area contributed by atoms with E-state index in [1.807, 2.05) is 43.1 Å². The van der Waals surface area contributed by atoms with E-state index in [0.717, 1.165) is 43.1 Å². The number of amides is 1. The maximum atomic E-state index is 12.8. The second-order valence-electron chi connectivity index (χ2n) is 5.66. The molecule has 0 radical (unpaired) electrons. The van der Waals surface area contributed by atoms with Crippen LogP contribution in [0.25, 0.3) is 11.5 Å². The fourth-order valence-electron chi connectivity index (χ4n) is 3.05. The third-order valence-electron chi connectivity index (χ3n) is 4.17. The molecule has 2 aromatic rings. The Morgan fingerprint density at radius 2 is 2.32 bits per heavy atom. The second kappa shape index (κ2) is 6.32. The van der Waals surface area contributed by atoms with Crippen molar-refractivity contribution in [2.24, 2.45) is 0 Å². The highest BCUT2D eigenvalue weighted by Crippen LogP contribution is 2.23. The summed E-state index contributed by atoms with van der Waals surface area (Å²) in [6.07, 6.45) is 3.75. The van der Waals surface area contributed by atoms with Crippen LogP contribution in [0.15, 0.2) is 34.9 Å². The molecule has 0 aliphatic carbocycles. The van der Waals surface area contributed by atoms with Crippen molar-refractivity contribution in [1.82, 2.24) is 15.2 Å². The summed E-state index contributed by atoms with van der Waals surface area (Å²) in [6.45, 7) is 3.54. The van der Waals surface area contributed by atoms with Gasteiger partial charge in [0.2, 0.25) is 0 Å². The van der Waals surface area contributed by atoms with Gasteiger partial charge in [0.15, 0.2) is 5.76 Å². The summed E-state index contributed by atoms with van der Waals surface area (Å²) < 4.78 is 5.36. The highest BCUT2D eigenvalue weighted by Gasteiger charge is 2.29. The van der Waals surface area contributed by atoms with Gasteiger partial charge in [0.05, 0.1) is 17.5 Å². The van der Waals surface area contributed by atoms with Crippen molar-refractivity contribution in [3.05, 3.63) is 41.8 Å². The van der Waals surface area contributed by atoms with Crippen LogP contribution in [0.2, 0.25) is 0 Å². The Balaban J connectivity index is 1.84. The Labute approximate surface area is 130 Å². The van der Waals surface area contributed by atoms with Gasteiger partial charge in [-0.1, -0.05) is 0 Å². The monoisotopic (exact) mass is 299 g/mol. The third kappa shape index (κ3) is 2.76. The predicted octanol–water partition coefficient (Wildman–Crippen LogP) is 2.47. The maximum Gasteiger partial charge on any atom is 0.255 e. The molecule has 1 fully saturated rings. The molecule has 3 heterocycles. The number of likely N-dealkylation sites (tertiary alicyclic amines) is 1. The van der Waals surface area contributed by atoms with Crippen LogP contribution in [0.5, 0.6) is 0 Å². The maximum absolute atomic E-state index is 12.8. The van der Waals surface area contributed by atoms with Crippen LogP contribution in [0, 0.1) is 6.92 Å². The number of likely N-dealkylation sites (N-methyl/N-ethyl adjacent to an activating group) is 1. The van der Waals surface area contributed by atoms with Gasteiger partial charge >= 0.3 is 0 Å². The van der Waals surface area contributed by atoms with Gasteiger partial charge in [-0.05, 0) is 51.1 Å². The Bertz CT molecular complexity index is 652. The van der Waals surface area contributed by atoms with Crippen molar-refractivity contribution in [3.63, 3.8) is 0 Å². The summed E-state index contributed by atoms with van der Waals surface area (Å²) in [6, 6.07) is 7.69. The number of hydrogen-bond acceptors (Lipinski definition) is 4. The number of carbonyl (C=O) groups excluding carboxylic acids is 1. The molecule has 1 amide bonds. The normalized spacial score (nSPS) is 17.9. The van der Waals surface area contributed by atoms with Crippen LogP contribution in [0.1, 0.15) is 28.9 Å². The lowest BCUT2D eigenvalue weighted by Gasteiger charge is -2.25. The highest BCUT2D eigenvalue weighted by atomic mass is 16.3. The van der Waals surface area contributed by atoms with Crippen LogP contribution < -0.4 is 5.32 Å². The van der Waals surface area contributed by atoms with Gasteiger partial charge in [-0.3, -0.25) is 4.79 Å². The quantitative estimate of drug-likeness (QED) is 0.942. The number of furan rings is 1. The number of aromatic nitrogens is 1. The zero-order chi connectivity index (χ0) is 15.5. The van der Waals surface area contributed by atoms with Gasteiger partial charge in [0.1, 0.15) is 5.69 Å². The number of hydrogen-bond donors (Lipinski definition) is 1. The molecule has 5 heteroatoms. The first-order valence-electron chi connectivity index (χ1n) is 7.68. The summed E-state index contributed by atoms with van der Waals surface area (Å²) in [5.41, 5.74) is 2.18. The number of nitrogens with zero attached hydrogens (tertiary/aromatic N) is 2. The molecule has 116 valence electrons. The largest absolute Gasteiger partial charge is 0.463 e. The number of pyridine rings is 1. The predicted molar refractivity (Wildman–Crippen MR) is 84.7 cm³/mol. The molecule has 0 saturated carbocycles. The van der Waals surface area contributed by atoms with E-state index >= 15 is 0 Å². The fourth-order valence-corrected chi connectivity index (χ4v) is 3.05. The fraction of sp³-hybridized carbons (Fsp3) is 0.412. The Morgan fingerprint density at radius 3 is 3.00 bits per heavy atom. The van der Waals surface area contributed by atoms with Crippen LogP contribution >= 0.6 is 0 Å². The molecule has 1 N–H and O–H groups in total. The van der Waals surface area contributed by atoms with Gasteiger partial charge in [-0.25, -0.2) is 4.98 Å². The van der Waals surface area contributed by atoms with E-state index in [2.05, 4.69) is 10.3 Å². The van der Waals surface area contributed by atoms with Crippen molar-refractivity contribution >= 4 is 5.91 Å². The smallest absolute Gasteiger partial charge is 0.255 e. The van der Waals surface area contributed by atoms with E-state index in [9.17, 15) is 4.79 Å². The molecule has 1 saturated heterocycles. The van der Waals surface area contributed by atoms with E-state index in [4.69, 9.17) is 4.42 Å². The topological polar surface area (TPSA) is 58.4 Å². The standard InChI is InChI=1S/C17H21N3O2/c1-12-14(7-8-15(19-12)16-6-4-10-22-16)17(21)20-9-3-5-13(20)11-18-2/h4,6-8,10,13,18H,3,5,9,11H2,1-2H3. The van der Waals surface area contributed by atoms with Crippen LogP contribution in [0.4, 0.5) is 0 Å². The SMILES string of the molecule is CNCC1CCCN1C(=O)c1ccc(-c2ccco2)nc1C. The molecule has 5 nitrogen and oxygen atoms in total. The van der Waals surface area contributed by atoms with Gasteiger partial charge in [0.25, 0.3) is 5.91 Å². The summed E-state index contributed by atoms with van der Waals surface area (Å²) in [5, 5.41) is 3.17. The highest BCUT2D eigenvalue weighted by molar-refractivity contribution is 5.95. The third-order valence-corrected chi connectivity index (χ3v) is 4.17. The Kier molecular flexibility index (Phi) is 4.24. The average Bonchev–Trinajstić information content (AvgIpc) is 3.18. The van der Waals surface area contributed by atoms with Gasteiger partial charge in [-0.2, -0.15) is 0 Å². The number of rotatable bonds is 4. The number of carbonyl (C=O) groups is 1. The molecule has 0 aromatic carbocycles. The van der Waals surface area contributed by atoms with Crippen molar-refractivity contribution in [2.45, 2.75) is 25.8 Å². The second-order valence-corrected chi connectivity index (χ2v) is 5.66. The van der Waals surface area contributed by atoms with E-state index in [-0.39, 0.29) is 11.9 Å². The van der Waals surface area contributed by atoms with Gasteiger partial charge in [0, 0.05) is 19.1 Å². The Morgan fingerprint density at radius 1 is 1.45 bits per heavy atom. The minimum Gasteiger partial charge on any atom is -0.463 e. The van der Waals surface area contributed by atoms with Crippen LogP contribution in [0.3, 0.4) is 0 Å². The molecule has 0 bridgehead atoms. The van der Waals surface area contributed by atoms with E-state index in [1.165, 1.54) is 0 Å². The molecule has 3 rings (SSSR count). The summed E-state index contributed by atoms with van der Waals surface area (Å²) in [5.74, 6) is 0.796. The summed E-state index contributed by atoms with van der Waals surface area (Å²) in [7, 11) is 1.92. The minimum absolute atomic E-state index is 0.0775. The van der Waals surface area contributed by atoms with Crippen molar-refractivity contribution in [3.8, 4) is 11.5 Å². The molecule has 2 aromatic heterocycles. The molecule has 1 atom stereocenters. The van der Waals surface area contributed by atoms with E-state index < -0.39 is 0 Å². The minimum atomic E-state index is 0.0775. The lowest BCUT2D eigenvalue weighted by atomic mass is 10.1. The molecule has 0 spiro atoms.